The summed E-state index contributed by atoms with van der Waals surface area (Å²) in [4.78, 5) is 0. The Morgan fingerprint density at radius 3 is 1.92 bits per heavy atom. The van der Waals surface area contributed by atoms with Gasteiger partial charge in [0.1, 0.15) is 24.4 Å². The minimum atomic E-state index is -1.06. The summed E-state index contributed by atoms with van der Waals surface area (Å²) in [6.07, 6.45) is -0.617. The molecule has 3 N–H and O–H groups in total. The van der Waals surface area contributed by atoms with Crippen LogP contribution in [0.4, 0.5) is 0 Å². The molecule has 5 atom stereocenters. The molecule has 0 radical (unpaired) electrons. The molecule has 0 aromatic heterocycles. The van der Waals surface area contributed by atoms with Crippen LogP contribution in [0.25, 0.3) is 0 Å². The molecule has 1 rings (SSSR count). The molecule has 0 amide bonds. The molecule has 0 aromatic carbocycles. The van der Waals surface area contributed by atoms with Crippen molar-refractivity contribution in [3.8, 4) is 0 Å². The van der Waals surface area contributed by atoms with Crippen LogP contribution in [0, 0.1) is 11.3 Å². The van der Waals surface area contributed by atoms with E-state index in [0.717, 1.165) is 25.7 Å². The summed E-state index contributed by atoms with van der Waals surface area (Å²) < 4.78 is 12.1. The van der Waals surface area contributed by atoms with Gasteiger partial charge in [0.05, 0.1) is 18.8 Å². The first-order valence-corrected chi connectivity index (χ1v) is 9.60. The van der Waals surface area contributed by atoms with E-state index in [1.54, 1.807) is 0 Å². The van der Waals surface area contributed by atoms with Crippen LogP contribution in [0.5, 0.6) is 0 Å². The highest BCUT2D eigenvalue weighted by molar-refractivity contribution is 5.01. The highest BCUT2D eigenvalue weighted by Crippen LogP contribution is 2.45. The first-order valence-electron chi connectivity index (χ1n) is 9.60. The SMILES string of the molecule is CCC(CC)OC1C(CO)OC(C(CC)(CC)C(C)C)C(O)C1O. The third kappa shape index (κ3) is 4.13. The Bertz CT molecular complexity index is 350. The van der Waals surface area contributed by atoms with Crippen molar-refractivity contribution in [1.29, 1.82) is 0 Å². The molecule has 0 aromatic rings. The van der Waals surface area contributed by atoms with Gasteiger partial charge in [-0.25, -0.2) is 0 Å². The second-order valence-corrected chi connectivity index (χ2v) is 7.39. The van der Waals surface area contributed by atoms with Crippen LogP contribution in [0.15, 0.2) is 0 Å². The Hall–Kier alpha value is -0.200. The van der Waals surface area contributed by atoms with Crippen molar-refractivity contribution in [3.05, 3.63) is 0 Å². The number of hydrogen-bond donors (Lipinski definition) is 3. The molecule has 5 nitrogen and oxygen atoms in total. The van der Waals surface area contributed by atoms with Crippen LogP contribution in [-0.4, -0.2) is 58.6 Å². The minimum Gasteiger partial charge on any atom is -0.394 e. The van der Waals surface area contributed by atoms with E-state index in [2.05, 4.69) is 27.7 Å². The van der Waals surface area contributed by atoms with Crippen LogP contribution >= 0.6 is 0 Å². The van der Waals surface area contributed by atoms with Crippen LogP contribution in [-0.2, 0) is 9.47 Å². The topological polar surface area (TPSA) is 79.2 Å². The predicted molar refractivity (Wildman–Crippen MR) is 94.9 cm³/mol. The first-order chi connectivity index (χ1) is 11.3. The number of rotatable bonds is 9. The van der Waals surface area contributed by atoms with Gasteiger partial charge in [0, 0.05) is 5.41 Å². The molecule has 144 valence electrons. The number of ether oxygens (including phenoxy) is 2. The number of aliphatic hydroxyl groups is 3. The summed E-state index contributed by atoms with van der Waals surface area (Å²) in [6, 6.07) is 0. The molecule has 1 aliphatic heterocycles. The van der Waals surface area contributed by atoms with Crippen LogP contribution in [0.3, 0.4) is 0 Å². The van der Waals surface area contributed by atoms with Gasteiger partial charge in [-0.2, -0.15) is 0 Å². The number of hydrogen-bond acceptors (Lipinski definition) is 5. The van der Waals surface area contributed by atoms with Crippen molar-refractivity contribution < 1.29 is 24.8 Å². The quantitative estimate of drug-likeness (QED) is 0.598. The van der Waals surface area contributed by atoms with Gasteiger partial charge < -0.3 is 24.8 Å². The minimum absolute atomic E-state index is 0.0155. The maximum Gasteiger partial charge on any atom is 0.115 e. The lowest BCUT2D eigenvalue weighted by Crippen LogP contribution is -2.64. The van der Waals surface area contributed by atoms with Crippen molar-refractivity contribution >= 4 is 0 Å². The molecule has 0 aliphatic carbocycles. The van der Waals surface area contributed by atoms with E-state index in [1.165, 1.54) is 0 Å². The zero-order chi connectivity index (χ0) is 18.5. The van der Waals surface area contributed by atoms with Crippen molar-refractivity contribution in [2.75, 3.05) is 6.61 Å². The molecule has 0 bridgehead atoms. The van der Waals surface area contributed by atoms with E-state index < -0.39 is 30.5 Å². The molecule has 0 saturated carbocycles. The molecule has 5 heteroatoms. The summed E-state index contributed by atoms with van der Waals surface area (Å²) in [6.45, 7) is 12.2. The average molecular weight is 347 g/mol. The fourth-order valence-electron chi connectivity index (χ4n) is 4.23. The Balaban J connectivity index is 3.08. The largest absolute Gasteiger partial charge is 0.394 e. The van der Waals surface area contributed by atoms with E-state index in [1.807, 2.05) is 13.8 Å². The molecular weight excluding hydrogens is 308 g/mol. The standard InChI is InChI=1S/C19H38O5/c1-7-13(8-2)23-17-14(11-20)24-18(16(22)15(17)21)19(9-3,10-4)12(5)6/h12-18,20-22H,7-11H2,1-6H3. The first kappa shape index (κ1) is 21.8. The van der Waals surface area contributed by atoms with E-state index >= 15 is 0 Å². The van der Waals surface area contributed by atoms with Gasteiger partial charge in [0.15, 0.2) is 0 Å². The molecule has 1 fully saturated rings. The van der Waals surface area contributed by atoms with Crippen molar-refractivity contribution in [3.63, 3.8) is 0 Å². The second kappa shape index (κ2) is 9.48. The third-order valence-corrected chi connectivity index (χ3v) is 6.16. The lowest BCUT2D eigenvalue weighted by molar-refractivity contribution is -0.279. The summed E-state index contributed by atoms with van der Waals surface area (Å²) in [7, 11) is 0. The van der Waals surface area contributed by atoms with E-state index in [9.17, 15) is 15.3 Å². The summed E-state index contributed by atoms with van der Waals surface area (Å²) in [5.74, 6) is 0.287. The van der Waals surface area contributed by atoms with Gasteiger partial charge in [-0.1, -0.05) is 41.5 Å². The number of aliphatic hydroxyl groups excluding tert-OH is 3. The Morgan fingerprint density at radius 2 is 1.54 bits per heavy atom. The zero-order valence-corrected chi connectivity index (χ0v) is 16.2. The fraction of sp³-hybridized carbons (Fsp3) is 1.00. The average Bonchev–Trinajstić information content (AvgIpc) is 2.58. The van der Waals surface area contributed by atoms with E-state index in [-0.39, 0.29) is 24.0 Å². The van der Waals surface area contributed by atoms with Crippen LogP contribution < -0.4 is 0 Å². The summed E-state index contributed by atoms with van der Waals surface area (Å²) >= 11 is 0. The third-order valence-electron chi connectivity index (χ3n) is 6.16. The monoisotopic (exact) mass is 346 g/mol. The zero-order valence-electron chi connectivity index (χ0n) is 16.2. The van der Waals surface area contributed by atoms with Gasteiger partial charge in [-0.05, 0) is 31.6 Å². The van der Waals surface area contributed by atoms with E-state index in [4.69, 9.17) is 9.47 Å². The predicted octanol–water partition coefficient (Wildman–Crippen LogP) is 2.50. The molecule has 24 heavy (non-hydrogen) atoms. The van der Waals surface area contributed by atoms with Gasteiger partial charge in [0.2, 0.25) is 0 Å². The Morgan fingerprint density at radius 1 is 1.00 bits per heavy atom. The maximum absolute atomic E-state index is 10.8. The molecule has 5 unspecified atom stereocenters. The highest BCUT2D eigenvalue weighted by Gasteiger charge is 2.53. The second-order valence-electron chi connectivity index (χ2n) is 7.39. The fourth-order valence-corrected chi connectivity index (χ4v) is 4.23. The molecular formula is C19H38O5. The summed E-state index contributed by atoms with van der Waals surface area (Å²) in [5, 5.41) is 31.3. The Labute approximate surface area is 147 Å². The van der Waals surface area contributed by atoms with Crippen molar-refractivity contribution in [1.82, 2.24) is 0 Å². The molecule has 1 heterocycles. The van der Waals surface area contributed by atoms with Crippen LogP contribution in [0.1, 0.15) is 67.2 Å². The van der Waals surface area contributed by atoms with Crippen molar-refractivity contribution in [2.45, 2.75) is 104 Å². The normalized spacial score (nSPS) is 31.9. The molecule has 0 spiro atoms. The van der Waals surface area contributed by atoms with Crippen LogP contribution in [0.2, 0.25) is 0 Å². The van der Waals surface area contributed by atoms with Gasteiger partial charge >= 0.3 is 0 Å². The Kier molecular flexibility index (Phi) is 8.63. The van der Waals surface area contributed by atoms with Gasteiger partial charge in [0.25, 0.3) is 0 Å². The molecule has 1 aliphatic rings. The van der Waals surface area contributed by atoms with Crippen molar-refractivity contribution in [2.24, 2.45) is 11.3 Å². The van der Waals surface area contributed by atoms with Gasteiger partial charge in [-0.15, -0.1) is 0 Å². The summed E-state index contributed by atoms with van der Waals surface area (Å²) in [5.41, 5.74) is -0.242. The highest BCUT2D eigenvalue weighted by atomic mass is 16.6. The maximum atomic E-state index is 10.8. The lowest BCUT2D eigenvalue weighted by atomic mass is 9.65. The smallest absolute Gasteiger partial charge is 0.115 e. The van der Waals surface area contributed by atoms with E-state index in [0.29, 0.717) is 0 Å². The molecule has 1 saturated heterocycles. The lowest BCUT2D eigenvalue weighted by Gasteiger charge is -2.52. The van der Waals surface area contributed by atoms with Gasteiger partial charge in [-0.3, -0.25) is 0 Å².